The summed E-state index contributed by atoms with van der Waals surface area (Å²) in [6.45, 7) is -0.522. The van der Waals surface area contributed by atoms with E-state index in [9.17, 15) is 18.3 Å². The van der Waals surface area contributed by atoms with E-state index in [1.807, 2.05) is 0 Å². The normalized spacial score (nSPS) is 12.3. The Balaban J connectivity index is 3.10. The van der Waals surface area contributed by atoms with Gasteiger partial charge in [0.2, 0.25) is 0 Å². The molecule has 0 saturated heterocycles. The van der Waals surface area contributed by atoms with Crippen LogP contribution in [0.5, 0.6) is 0 Å². The maximum absolute atomic E-state index is 12.4. The topological polar surface area (TPSA) is 19.9 Å². The van der Waals surface area contributed by atoms with E-state index in [1.165, 1.54) is 24.3 Å². The van der Waals surface area contributed by atoms with Crippen LogP contribution in [0.25, 0.3) is 6.08 Å². The first-order valence-corrected chi connectivity index (χ1v) is 3.96. The van der Waals surface area contributed by atoms with Crippen LogP contribution in [0.4, 0.5) is 13.2 Å². The van der Waals surface area contributed by atoms with E-state index >= 15 is 0 Å². The molecule has 0 fully saturated rings. The summed E-state index contributed by atoms with van der Waals surface area (Å²) in [5, 5.41) is 10.1. The standard InChI is InChI=1S/C10H8F3O/c11-10(12,13)9-6-2-1-4-8(9)5-3-7-14/h1-6H,7H2/b5-3+. The molecule has 75 valence electrons. The summed E-state index contributed by atoms with van der Waals surface area (Å²) in [6, 6.07) is 5.14. The van der Waals surface area contributed by atoms with E-state index in [-0.39, 0.29) is 5.56 Å². The first-order valence-electron chi connectivity index (χ1n) is 3.96. The minimum absolute atomic E-state index is 0.0239. The zero-order valence-corrected chi connectivity index (χ0v) is 7.21. The van der Waals surface area contributed by atoms with Crippen molar-refractivity contribution in [2.75, 3.05) is 6.61 Å². The van der Waals surface area contributed by atoms with Crippen LogP contribution in [-0.2, 0) is 11.3 Å². The summed E-state index contributed by atoms with van der Waals surface area (Å²) in [5.74, 6) is 0. The smallest absolute Gasteiger partial charge is 0.232 e. The molecule has 0 aliphatic carbocycles. The Bertz CT molecular complexity index is 328. The second-order valence-corrected chi connectivity index (χ2v) is 2.65. The lowest BCUT2D eigenvalue weighted by Crippen LogP contribution is -2.06. The molecule has 1 radical (unpaired) electrons. The molecule has 4 heteroatoms. The van der Waals surface area contributed by atoms with Crippen LogP contribution in [0.2, 0.25) is 0 Å². The Kier molecular flexibility index (Phi) is 3.30. The number of alkyl halides is 3. The highest BCUT2D eigenvalue weighted by Gasteiger charge is 2.32. The number of hydrogen-bond donors (Lipinski definition) is 0. The third-order valence-electron chi connectivity index (χ3n) is 1.66. The Morgan fingerprint density at radius 1 is 1.21 bits per heavy atom. The lowest BCUT2D eigenvalue weighted by Gasteiger charge is -2.09. The molecule has 0 N–H and O–H groups in total. The van der Waals surface area contributed by atoms with Crippen LogP contribution in [0.15, 0.2) is 30.3 Å². The van der Waals surface area contributed by atoms with Crippen molar-refractivity contribution in [1.29, 1.82) is 0 Å². The van der Waals surface area contributed by atoms with Gasteiger partial charge in [-0.05, 0) is 11.6 Å². The van der Waals surface area contributed by atoms with Crippen molar-refractivity contribution in [3.8, 4) is 0 Å². The predicted molar refractivity (Wildman–Crippen MR) is 46.0 cm³/mol. The molecular formula is C10H8F3O. The number of benzene rings is 1. The van der Waals surface area contributed by atoms with E-state index in [2.05, 4.69) is 0 Å². The first kappa shape index (κ1) is 10.8. The second-order valence-electron chi connectivity index (χ2n) is 2.65. The molecule has 0 unspecified atom stereocenters. The van der Waals surface area contributed by atoms with Gasteiger partial charge in [0, 0.05) is 0 Å². The summed E-state index contributed by atoms with van der Waals surface area (Å²) >= 11 is 0. The molecule has 1 aromatic carbocycles. The highest BCUT2D eigenvalue weighted by molar-refractivity contribution is 5.54. The van der Waals surface area contributed by atoms with Gasteiger partial charge in [-0.25, -0.2) is 5.11 Å². The lowest BCUT2D eigenvalue weighted by atomic mass is 10.1. The fourth-order valence-electron chi connectivity index (χ4n) is 1.08. The van der Waals surface area contributed by atoms with Gasteiger partial charge in [-0.15, -0.1) is 0 Å². The van der Waals surface area contributed by atoms with Crippen molar-refractivity contribution in [2.24, 2.45) is 0 Å². The third-order valence-corrected chi connectivity index (χ3v) is 1.66. The quantitative estimate of drug-likeness (QED) is 0.700. The number of hydrogen-bond acceptors (Lipinski definition) is 0. The molecule has 1 rings (SSSR count). The van der Waals surface area contributed by atoms with Gasteiger partial charge in [0.05, 0.1) is 5.56 Å². The summed E-state index contributed by atoms with van der Waals surface area (Å²) < 4.78 is 37.1. The average Bonchev–Trinajstić information content (AvgIpc) is 2.14. The Hall–Kier alpha value is -1.29. The van der Waals surface area contributed by atoms with Crippen LogP contribution >= 0.6 is 0 Å². The van der Waals surface area contributed by atoms with Crippen LogP contribution in [0, 0.1) is 0 Å². The number of rotatable bonds is 2. The zero-order chi connectivity index (χ0) is 10.6. The molecular weight excluding hydrogens is 193 g/mol. The molecule has 0 aromatic heterocycles. The molecule has 0 atom stereocenters. The van der Waals surface area contributed by atoms with E-state index in [0.717, 1.165) is 12.1 Å². The zero-order valence-electron chi connectivity index (χ0n) is 7.21. The molecule has 0 saturated carbocycles. The van der Waals surface area contributed by atoms with Gasteiger partial charge < -0.3 is 0 Å². The summed E-state index contributed by atoms with van der Waals surface area (Å²) in [4.78, 5) is 0. The van der Waals surface area contributed by atoms with Gasteiger partial charge in [-0.3, -0.25) is 0 Å². The van der Waals surface area contributed by atoms with Gasteiger partial charge in [0.1, 0.15) is 6.61 Å². The molecule has 0 aliphatic rings. The lowest BCUT2D eigenvalue weighted by molar-refractivity contribution is -0.137. The maximum atomic E-state index is 12.4. The molecule has 1 aromatic rings. The fourth-order valence-corrected chi connectivity index (χ4v) is 1.08. The van der Waals surface area contributed by atoms with Crippen molar-refractivity contribution >= 4 is 6.08 Å². The molecule has 0 aliphatic heterocycles. The summed E-state index contributed by atoms with van der Waals surface area (Å²) in [7, 11) is 0. The minimum atomic E-state index is -4.37. The minimum Gasteiger partial charge on any atom is -0.232 e. The number of halogens is 3. The van der Waals surface area contributed by atoms with Gasteiger partial charge in [-0.2, -0.15) is 13.2 Å². The van der Waals surface area contributed by atoms with Crippen LogP contribution in [0.3, 0.4) is 0 Å². The average molecular weight is 201 g/mol. The second kappa shape index (κ2) is 4.28. The van der Waals surface area contributed by atoms with Crippen LogP contribution in [-0.4, -0.2) is 6.61 Å². The Morgan fingerprint density at radius 3 is 2.43 bits per heavy atom. The summed E-state index contributed by atoms with van der Waals surface area (Å²) in [6.07, 6.45) is -2.02. The Labute approximate surface area is 79.5 Å². The van der Waals surface area contributed by atoms with Gasteiger partial charge in [0.25, 0.3) is 0 Å². The highest BCUT2D eigenvalue weighted by Crippen LogP contribution is 2.32. The third kappa shape index (κ3) is 2.60. The van der Waals surface area contributed by atoms with E-state index in [4.69, 9.17) is 0 Å². The monoisotopic (exact) mass is 201 g/mol. The SMILES string of the molecule is [O]C/C=C/c1ccccc1C(F)(F)F. The molecule has 0 spiro atoms. The van der Waals surface area contributed by atoms with Gasteiger partial charge >= 0.3 is 6.18 Å². The molecule has 1 nitrogen and oxygen atoms in total. The van der Waals surface area contributed by atoms with Crippen LogP contribution in [0.1, 0.15) is 11.1 Å². The summed E-state index contributed by atoms with van der Waals surface area (Å²) in [5.41, 5.74) is -0.694. The van der Waals surface area contributed by atoms with E-state index in [1.54, 1.807) is 0 Å². The van der Waals surface area contributed by atoms with Crippen LogP contribution < -0.4 is 0 Å². The van der Waals surface area contributed by atoms with E-state index < -0.39 is 18.3 Å². The van der Waals surface area contributed by atoms with Crippen molar-refractivity contribution < 1.29 is 18.3 Å². The molecule has 0 heterocycles. The maximum Gasteiger partial charge on any atom is 0.416 e. The first-order chi connectivity index (χ1) is 6.55. The van der Waals surface area contributed by atoms with E-state index in [0.29, 0.717) is 0 Å². The van der Waals surface area contributed by atoms with Crippen molar-refractivity contribution in [3.63, 3.8) is 0 Å². The van der Waals surface area contributed by atoms with Crippen molar-refractivity contribution in [2.45, 2.75) is 6.18 Å². The Morgan fingerprint density at radius 2 is 1.86 bits per heavy atom. The molecule has 0 bridgehead atoms. The van der Waals surface area contributed by atoms with Gasteiger partial charge in [0.15, 0.2) is 0 Å². The van der Waals surface area contributed by atoms with Gasteiger partial charge in [-0.1, -0.05) is 30.4 Å². The molecule has 14 heavy (non-hydrogen) atoms. The predicted octanol–water partition coefficient (Wildman–Crippen LogP) is 3.15. The molecule has 0 amide bonds. The highest BCUT2D eigenvalue weighted by atomic mass is 19.4. The van der Waals surface area contributed by atoms with Crippen molar-refractivity contribution in [3.05, 3.63) is 41.5 Å². The van der Waals surface area contributed by atoms with Crippen molar-refractivity contribution in [1.82, 2.24) is 0 Å². The largest absolute Gasteiger partial charge is 0.416 e. The fraction of sp³-hybridized carbons (Fsp3) is 0.200.